The number of piperidine rings is 1. The minimum Gasteiger partial charge on any atom is -0.316 e. The molecule has 1 unspecified atom stereocenters. The normalized spacial score (nSPS) is 37.4. The van der Waals surface area contributed by atoms with E-state index in [1.807, 2.05) is 0 Å². The Morgan fingerprint density at radius 2 is 2.23 bits per heavy atom. The van der Waals surface area contributed by atoms with E-state index in [9.17, 15) is 0 Å². The fourth-order valence-electron chi connectivity index (χ4n) is 2.75. The van der Waals surface area contributed by atoms with Crippen molar-refractivity contribution in [3.8, 4) is 0 Å². The van der Waals surface area contributed by atoms with E-state index < -0.39 is 0 Å². The Labute approximate surface area is 81.7 Å². The Bertz CT molecular complexity index is 167. The van der Waals surface area contributed by atoms with Crippen molar-refractivity contribution in [3.05, 3.63) is 0 Å². The van der Waals surface area contributed by atoms with E-state index in [1.54, 1.807) is 0 Å². The predicted molar refractivity (Wildman–Crippen MR) is 55.8 cm³/mol. The highest BCUT2D eigenvalue weighted by Crippen LogP contribution is 2.29. The molecule has 1 N–H and O–H groups in total. The summed E-state index contributed by atoms with van der Waals surface area (Å²) < 4.78 is 0. The van der Waals surface area contributed by atoms with Gasteiger partial charge in [-0.2, -0.15) is 0 Å². The van der Waals surface area contributed by atoms with Crippen molar-refractivity contribution in [1.82, 2.24) is 10.2 Å². The molecule has 2 nitrogen and oxygen atoms in total. The molecular weight excluding hydrogens is 160 g/mol. The van der Waals surface area contributed by atoms with Crippen molar-refractivity contribution in [2.24, 2.45) is 11.3 Å². The summed E-state index contributed by atoms with van der Waals surface area (Å²) in [4.78, 5) is 2.61. The van der Waals surface area contributed by atoms with Crippen molar-refractivity contribution in [3.63, 3.8) is 0 Å². The lowest BCUT2D eigenvalue weighted by Gasteiger charge is -2.45. The van der Waals surface area contributed by atoms with Crippen LogP contribution in [0.15, 0.2) is 0 Å². The molecule has 0 aromatic heterocycles. The van der Waals surface area contributed by atoms with Crippen LogP contribution in [-0.2, 0) is 0 Å². The first kappa shape index (κ1) is 9.47. The Morgan fingerprint density at radius 1 is 1.46 bits per heavy atom. The second-order valence-electron chi connectivity index (χ2n) is 5.39. The number of hydrogen-bond acceptors (Lipinski definition) is 2. The zero-order valence-corrected chi connectivity index (χ0v) is 8.97. The average Bonchev–Trinajstić information content (AvgIpc) is 2.02. The molecule has 2 fully saturated rings. The van der Waals surface area contributed by atoms with E-state index in [4.69, 9.17) is 0 Å². The predicted octanol–water partition coefficient (Wildman–Crippen LogP) is 1.33. The molecule has 2 heterocycles. The number of nitrogens with zero attached hydrogens (tertiary/aromatic N) is 1. The zero-order chi connectivity index (χ0) is 9.31. The molecule has 0 saturated carbocycles. The van der Waals surface area contributed by atoms with Crippen LogP contribution in [0.2, 0.25) is 0 Å². The molecule has 2 aliphatic heterocycles. The molecule has 0 aromatic carbocycles. The van der Waals surface area contributed by atoms with Gasteiger partial charge in [-0.15, -0.1) is 0 Å². The first-order valence-corrected chi connectivity index (χ1v) is 5.61. The Balaban J connectivity index is 1.78. The van der Waals surface area contributed by atoms with Crippen LogP contribution in [0.4, 0.5) is 0 Å². The number of nitrogens with one attached hydrogen (secondary N) is 1. The molecule has 0 radical (unpaired) electrons. The fourth-order valence-corrected chi connectivity index (χ4v) is 2.75. The number of likely N-dealkylation sites (tertiary alicyclic amines) is 1. The van der Waals surface area contributed by atoms with E-state index in [-0.39, 0.29) is 0 Å². The van der Waals surface area contributed by atoms with Gasteiger partial charge in [0.05, 0.1) is 0 Å². The van der Waals surface area contributed by atoms with Crippen LogP contribution < -0.4 is 5.32 Å². The van der Waals surface area contributed by atoms with Crippen molar-refractivity contribution in [1.29, 1.82) is 0 Å². The molecule has 0 aromatic rings. The highest BCUT2D eigenvalue weighted by atomic mass is 15.2. The maximum absolute atomic E-state index is 3.51. The summed E-state index contributed by atoms with van der Waals surface area (Å²) in [6.07, 6.45) is 2.77. The van der Waals surface area contributed by atoms with Gasteiger partial charge in [0.1, 0.15) is 0 Å². The van der Waals surface area contributed by atoms with E-state index in [0.717, 1.165) is 5.92 Å². The van der Waals surface area contributed by atoms with Crippen LogP contribution >= 0.6 is 0 Å². The first-order chi connectivity index (χ1) is 6.18. The van der Waals surface area contributed by atoms with E-state index in [2.05, 4.69) is 24.1 Å². The molecule has 2 aliphatic rings. The van der Waals surface area contributed by atoms with Gasteiger partial charge in [0.15, 0.2) is 0 Å². The van der Waals surface area contributed by atoms with Gasteiger partial charge in [0, 0.05) is 26.2 Å². The maximum atomic E-state index is 3.51. The van der Waals surface area contributed by atoms with Gasteiger partial charge in [-0.3, -0.25) is 0 Å². The quantitative estimate of drug-likeness (QED) is 0.693. The van der Waals surface area contributed by atoms with Gasteiger partial charge >= 0.3 is 0 Å². The second kappa shape index (κ2) is 3.58. The molecule has 13 heavy (non-hydrogen) atoms. The molecule has 0 amide bonds. The van der Waals surface area contributed by atoms with Crippen LogP contribution in [0.3, 0.4) is 0 Å². The molecule has 2 saturated heterocycles. The van der Waals surface area contributed by atoms with Crippen LogP contribution in [0.1, 0.15) is 26.7 Å². The smallest absolute Gasteiger partial charge is 0.00477 e. The van der Waals surface area contributed by atoms with Crippen molar-refractivity contribution in [2.75, 3.05) is 32.7 Å². The lowest BCUT2D eigenvalue weighted by atomic mass is 9.81. The van der Waals surface area contributed by atoms with Gasteiger partial charge in [-0.1, -0.05) is 13.8 Å². The van der Waals surface area contributed by atoms with E-state index in [0.29, 0.717) is 5.41 Å². The number of rotatable bonds is 2. The minimum atomic E-state index is 0.554. The summed E-state index contributed by atoms with van der Waals surface area (Å²) in [5.74, 6) is 0.945. The molecule has 2 heteroatoms. The summed E-state index contributed by atoms with van der Waals surface area (Å²) >= 11 is 0. The van der Waals surface area contributed by atoms with Crippen LogP contribution in [-0.4, -0.2) is 37.6 Å². The molecule has 0 spiro atoms. The molecule has 0 aliphatic carbocycles. The van der Waals surface area contributed by atoms with Crippen LogP contribution in [0.25, 0.3) is 0 Å². The first-order valence-electron chi connectivity index (χ1n) is 5.61. The van der Waals surface area contributed by atoms with Crippen LogP contribution in [0.5, 0.6) is 0 Å². The highest BCUT2D eigenvalue weighted by Gasteiger charge is 2.32. The van der Waals surface area contributed by atoms with E-state index >= 15 is 0 Å². The van der Waals surface area contributed by atoms with Gasteiger partial charge < -0.3 is 10.2 Å². The molecule has 0 bridgehead atoms. The number of hydrogen-bond donors (Lipinski definition) is 1. The SMILES string of the molecule is CC1CN(CC2(C)CCCNC2)C1. The Hall–Kier alpha value is -0.0800. The fraction of sp³-hybridized carbons (Fsp3) is 1.00. The van der Waals surface area contributed by atoms with Crippen LogP contribution in [0, 0.1) is 11.3 Å². The Kier molecular flexibility index (Phi) is 2.61. The molecule has 76 valence electrons. The standard InChI is InChI=1S/C11H22N2/c1-10-6-13(7-10)9-11(2)4-3-5-12-8-11/h10,12H,3-9H2,1-2H3. The molecule has 1 atom stereocenters. The third kappa shape index (κ3) is 2.23. The summed E-state index contributed by atoms with van der Waals surface area (Å²) in [5, 5.41) is 3.51. The van der Waals surface area contributed by atoms with E-state index in [1.165, 1.54) is 45.6 Å². The zero-order valence-electron chi connectivity index (χ0n) is 8.97. The topological polar surface area (TPSA) is 15.3 Å². The monoisotopic (exact) mass is 182 g/mol. The Morgan fingerprint density at radius 3 is 2.77 bits per heavy atom. The van der Waals surface area contributed by atoms with Gasteiger partial charge in [0.25, 0.3) is 0 Å². The minimum absolute atomic E-state index is 0.554. The third-order valence-electron chi connectivity index (χ3n) is 3.43. The van der Waals surface area contributed by atoms with Gasteiger partial charge in [0.2, 0.25) is 0 Å². The van der Waals surface area contributed by atoms with Gasteiger partial charge in [-0.25, -0.2) is 0 Å². The summed E-state index contributed by atoms with van der Waals surface area (Å²) in [7, 11) is 0. The molecule has 2 rings (SSSR count). The average molecular weight is 182 g/mol. The largest absolute Gasteiger partial charge is 0.316 e. The summed E-state index contributed by atoms with van der Waals surface area (Å²) in [6, 6.07) is 0. The molecular formula is C11H22N2. The highest BCUT2D eigenvalue weighted by molar-refractivity contribution is 4.88. The summed E-state index contributed by atoms with van der Waals surface area (Å²) in [6.45, 7) is 11.2. The van der Waals surface area contributed by atoms with Crippen molar-refractivity contribution < 1.29 is 0 Å². The lowest BCUT2D eigenvalue weighted by molar-refractivity contribution is 0.0496. The van der Waals surface area contributed by atoms with Crippen molar-refractivity contribution >= 4 is 0 Å². The van der Waals surface area contributed by atoms with Crippen molar-refractivity contribution in [2.45, 2.75) is 26.7 Å². The lowest BCUT2D eigenvalue weighted by Crippen LogP contribution is -2.53. The summed E-state index contributed by atoms with van der Waals surface area (Å²) in [5.41, 5.74) is 0.554. The second-order valence-corrected chi connectivity index (χ2v) is 5.39. The van der Waals surface area contributed by atoms with Gasteiger partial charge in [-0.05, 0) is 30.7 Å². The third-order valence-corrected chi connectivity index (χ3v) is 3.43. The maximum Gasteiger partial charge on any atom is 0.00477 e.